The zero-order valence-electron chi connectivity index (χ0n) is 18.7. The van der Waals surface area contributed by atoms with Crippen molar-refractivity contribution in [2.24, 2.45) is 11.7 Å². The van der Waals surface area contributed by atoms with E-state index in [9.17, 15) is 19.2 Å². The Bertz CT molecular complexity index is 1090. The second-order valence-corrected chi connectivity index (χ2v) is 8.06. The van der Waals surface area contributed by atoms with Crippen LogP contribution in [0.15, 0.2) is 39.9 Å². The summed E-state index contributed by atoms with van der Waals surface area (Å²) in [6.07, 6.45) is 1.15. The number of aromatic nitrogens is 2. The number of anilines is 2. The fourth-order valence-electron chi connectivity index (χ4n) is 3.96. The maximum Gasteiger partial charge on any atom is 0.330 e. The van der Waals surface area contributed by atoms with Crippen LogP contribution in [0.1, 0.15) is 18.4 Å². The van der Waals surface area contributed by atoms with Crippen LogP contribution in [0.5, 0.6) is 0 Å². The summed E-state index contributed by atoms with van der Waals surface area (Å²) in [5.74, 6) is -0.972. The first-order valence-electron chi connectivity index (χ1n) is 10.8. The van der Waals surface area contributed by atoms with Gasteiger partial charge in [-0.05, 0) is 31.5 Å². The molecular formula is C22H30N6O5. The first-order chi connectivity index (χ1) is 15.8. The van der Waals surface area contributed by atoms with Crippen LogP contribution < -0.4 is 27.6 Å². The number of nitrogens with one attached hydrogen (secondary N) is 1. The Hall–Kier alpha value is -3.44. The van der Waals surface area contributed by atoms with Gasteiger partial charge in [-0.25, -0.2) is 4.79 Å². The smallest absolute Gasteiger partial charge is 0.330 e. The molecule has 11 nitrogen and oxygen atoms in total. The molecule has 1 aliphatic heterocycles. The summed E-state index contributed by atoms with van der Waals surface area (Å²) in [5.41, 5.74) is 11.0. The molecule has 0 aliphatic carbocycles. The Morgan fingerprint density at radius 2 is 1.85 bits per heavy atom. The summed E-state index contributed by atoms with van der Waals surface area (Å²) >= 11 is 0. The molecule has 0 bridgehead atoms. The molecule has 1 aromatic heterocycles. The van der Waals surface area contributed by atoms with Crippen molar-refractivity contribution in [3.05, 3.63) is 56.7 Å². The molecule has 1 fully saturated rings. The minimum Gasteiger partial charge on any atom is -0.383 e. The van der Waals surface area contributed by atoms with Crippen LogP contribution in [0.4, 0.5) is 11.5 Å². The average molecular weight is 459 g/mol. The van der Waals surface area contributed by atoms with E-state index in [1.807, 2.05) is 35.2 Å². The number of nitrogen functional groups attached to an aromatic ring is 1. The van der Waals surface area contributed by atoms with Crippen molar-refractivity contribution < 1.29 is 14.3 Å². The van der Waals surface area contributed by atoms with Gasteiger partial charge < -0.3 is 21.1 Å². The highest BCUT2D eigenvalue weighted by molar-refractivity contribution is 5.96. The number of rotatable bonds is 9. The van der Waals surface area contributed by atoms with Crippen LogP contribution >= 0.6 is 0 Å². The molecule has 1 aromatic carbocycles. The fraction of sp³-hybridized carbons (Fsp3) is 0.455. The molecule has 1 saturated heterocycles. The lowest BCUT2D eigenvalue weighted by Crippen LogP contribution is -2.48. The van der Waals surface area contributed by atoms with Crippen LogP contribution in [0.25, 0.3) is 0 Å². The molecule has 0 atom stereocenters. The van der Waals surface area contributed by atoms with Crippen molar-refractivity contribution in [1.82, 2.24) is 14.5 Å². The van der Waals surface area contributed by atoms with E-state index in [0.29, 0.717) is 25.9 Å². The SMILES string of the molecule is COCCN(C(=O)CN1CCC(C(N)=O)CC1)c1c(N)n(Cc2ccccc2)c(=O)[nH]c1=O. The molecule has 0 saturated carbocycles. The largest absolute Gasteiger partial charge is 0.383 e. The molecule has 2 amide bonds. The minimum atomic E-state index is -0.737. The third kappa shape index (κ3) is 5.88. The highest BCUT2D eigenvalue weighted by atomic mass is 16.5. The summed E-state index contributed by atoms with van der Waals surface area (Å²) in [5, 5.41) is 0. The summed E-state index contributed by atoms with van der Waals surface area (Å²) < 4.78 is 6.36. The molecule has 11 heteroatoms. The molecular weight excluding hydrogens is 428 g/mol. The Balaban J connectivity index is 1.87. The zero-order valence-corrected chi connectivity index (χ0v) is 18.7. The van der Waals surface area contributed by atoms with E-state index in [2.05, 4.69) is 4.98 Å². The van der Waals surface area contributed by atoms with E-state index in [1.54, 1.807) is 0 Å². The lowest BCUT2D eigenvalue weighted by molar-refractivity contribution is -0.123. The molecule has 0 unspecified atom stereocenters. The third-order valence-corrected chi connectivity index (χ3v) is 5.84. The van der Waals surface area contributed by atoms with Crippen molar-refractivity contribution in [3.63, 3.8) is 0 Å². The number of primary amides is 1. The first kappa shape index (κ1) is 24.2. The molecule has 1 aliphatic rings. The molecule has 5 N–H and O–H groups in total. The van der Waals surface area contributed by atoms with Gasteiger partial charge in [-0.3, -0.25) is 28.8 Å². The van der Waals surface area contributed by atoms with E-state index >= 15 is 0 Å². The zero-order chi connectivity index (χ0) is 24.0. The highest BCUT2D eigenvalue weighted by Gasteiger charge is 2.28. The number of nitrogens with two attached hydrogens (primary N) is 2. The Kier molecular flexibility index (Phi) is 8.01. The van der Waals surface area contributed by atoms with E-state index in [-0.39, 0.29) is 55.5 Å². The minimum absolute atomic E-state index is 0.0336. The topological polar surface area (TPSA) is 157 Å². The number of piperidine rings is 1. The standard InChI is InChI=1S/C22H30N6O5/c1-33-12-11-27(17(29)14-26-9-7-16(8-10-26)20(24)30)18-19(23)28(22(32)25-21(18)31)13-15-5-3-2-4-6-15/h2-6,16H,7-14,23H2,1H3,(H2,24,30)(H,25,31,32). The number of carbonyl (C=O) groups is 2. The highest BCUT2D eigenvalue weighted by Crippen LogP contribution is 2.20. The maximum absolute atomic E-state index is 13.2. The number of H-pyrrole nitrogens is 1. The van der Waals surface area contributed by atoms with Gasteiger partial charge in [-0.1, -0.05) is 30.3 Å². The predicted molar refractivity (Wildman–Crippen MR) is 124 cm³/mol. The predicted octanol–water partition coefficient (Wildman–Crippen LogP) is -0.656. The Morgan fingerprint density at radius 1 is 1.18 bits per heavy atom. The summed E-state index contributed by atoms with van der Waals surface area (Å²) in [4.78, 5) is 55.3. The maximum atomic E-state index is 13.2. The number of methoxy groups -OCH3 is 1. The Morgan fingerprint density at radius 3 is 2.45 bits per heavy atom. The molecule has 0 spiro atoms. The molecule has 2 heterocycles. The van der Waals surface area contributed by atoms with E-state index < -0.39 is 11.2 Å². The number of benzene rings is 1. The number of aromatic amines is 1. The van der Waals surface area contributed by atoms with E-state index in [0.717, 1.165) is 5.56 Å². The molecule has 2 aromatic rings. The molecule has 0 radical (unpaired) electrons. The van der Waals surface area contributed by atoms with Gasteiger partial charge in [-0.2, -0.15) is 0 Å². The monoisotopic (exact) mass is 458 g/mol. The number of hydrogen-bond acceptors (Lipinski definition) is 7. The quantitative estimate of drug-likeness (QED) is 0.450. The normalized spacial score (nSPS) is 14.8. The van der Waals surface area contributed by atoms with Gasteiger partial charge in [0.15, 0.2) is 5.69 Å². The van der Waals surface area contributed by atoms with Crippen molar-refractivity contribution in [2.75, 3.05) is 50.5 Å². The molecule has 3 rings (SSSR count). The van der Waals surface area contributed by atoms with Crippen LogP contribution in [0, 0.1) is 5.92 Å². The second kappa shape index (κ2) is 10.9. The fourth-order valence-corrected chi connectivity index (χ4v) is 3.96. The van der Waals surface area contributed by atoms with Crippen molar-refractivity contribution in [2.45, 2.75) is 19.4 Å². The number of likely N-dealkylation sites (tertiary alicyclic amines) is 1. The Labute approximate surface area is 190 Å². The summed E-state index contributed by atoms with van der Waals surface area (Å²) in [6, 6.07) is 9.18. The molecule has 178 valence electrons. The van der Waals surface area contributed by atoms with E-state index in [4.69, 9.17) is 16.2 Å². The van der Waals surface area contributed by atoms with Crippen LogP contribution in [0.3, 0.4) is 0 Å². The lowest BCUT2D eigenvalue weighted by atomic mass is 9.96. The number of nitrogens with zero attached hydrogens (tertiary/aromatic N) is 3. The second-order valence-electron chi connectivity index (χ2n) is 8.06. The van der Waals surface area contributed by atoms with Gasteiger partial charge in [0, 0.05) is 19.6 Å². The lowest BCUT2D eigenvalue weighted by Gasteiger charge is -2.32. The molecule has 33 heavy (non-hydrogen) atoms. The van der Waals surface area contributed by atoms with Gasteiger partial charge in [0.2, 0.25) is 11.8 Å². The van der Waals surface area contributed by atoms with Crippen LogP contribution in [-0.4, -0.2) is 66.2 Å². The van der Waals surface area contributed by atoms with Crippen molar-refractivity contribution >= 4 is 23.3 Å². The van der Waals surface area contributed by atoms with Gasteiger partial charge in [-0.15, -0.1) is 0 Å². The van der Waals surface area contributed by atoms with Crippen molar-refractivity contribution in [1.29, 1.82) is 0 Å². The van der Waals surface area contributed by atoms with Crippen molar-refractivity contribution in [3.8, 4) is 0 Å². The van der Waals surface area contributed by atoms with Gasteiger partial charge in [0.05, 0.1) is 19.7 Å². The number of ether oxygens (including phenoxy) is 1. The summed E-state index contributed by atoms with van der Waals surface area (Å²) in [7, 11) is 1.49. The third-order valence-electron chi connectivity index (χ3n) is 5.84. The van der Waals surface area contributed by atoms with Gasteiger partial charge in [0.25, 0.3) is 5.56 Å². The van der Waals surface area contributed by atoms with Crippen LogP contribution in [0.2, 0.25) is 0 Å². The number of hydrogen-bond donors (Lipinski definition) is 3. The van der Waals surface area contributed by atoms with Gasteiger partial charge in [0.1, 0.15) is 5.82 Å². The average Bonchev–Trinajstić information content (AvgIpc) is 2.79. The van der Waals surface area contributed by atoms with E-state index in [1.165, 1.54) is 16.6 Å². The number of amides is 2. The summed E-state index contributed by atoms with van der Waals surface area (Å²) in [6.45, 7) is 1.51. The van der Waals surface area contributed by atoms with Gasteiger partial charge >= 0.3 is 5.69 Å². The number of carbonyl (C=O) groups excluding carboxylic acids is 2. The van der Waals surface area contributed by atoms with Crippen LogP contribution in [-0.2, 0) is 20.9 Å². The first-order valence-corrected chi connectivity index (χ1v) is 10.8.